The number of ketones is 1. The zero-order valence-corrected chi connectivity index (χ0v) is 18.5. The van der Waals surface area contributed by atoms with Crippen LogP contribution in [0.25, 0.3) is 22.8 Å². The fourth-order valence-corrected chi connectivity index (χ4v) is 4.06. The summed E-state index contributed by atoms with van der Waals surface area (Å²) in [6.07, 6.45) is 2.39. The summed E-state index contributed by atoms with van der Waals surface area (Å²) in [5, 5.41) is 17.2. The summed E-state index contributed by atoms with van der Waals surface area (Å²) < 4.78 is 11.2. The van der Waals surface area contributed by atoms with Crippen molar-refractivity contribution in [1.29, 1.82) is 5.26 Å². The Morgan fingerprint density at radius 3 is 2.94 bits per heavy atom. The first kappa shape index (κ1) is 21.7. The Bertz CT molecular complexity index is 1180. The number of carbonyl (C=O) groups is 1. The quantitative estimate of drug-likeness (QED) is 0.556. The number of ether oxygens (including phenoxy) is 1. The maximum atomic E-state index is 11.2. The van der Waals surface area contributed by atoms with Crippen LogP contribution >= 0.6 is 0 Å². The van der Waals surface area contributed by atoms with Crippen molar-refractivity contribution in [3.8, 4) is 34.7 Å². The molecule has 0 bridgehead atoms. The number of benzene rings is 2. The topological polar surface area (TPSA) is 101 Å². The van der Waals surface area contributed by atoms with E-state index >= 15 is 0 Å². The number of hydrogen-bond acceptors (Lipinski definition) is 7. The van der Waals surface area contributed by atoms with Crippen LogP contribution in [0.15, 0.2) is 40.9 Å². The molecule has 7 nitrogen and oxygen atoms in total. The summed E-state index contributed by atoms with van der Waals surface area (Å²) in [6, 6.07) is 13.8. The molecule has 1 N–H and O–H groups in total. The van der Waals surface area contributed by atoms with Gasteiger partial charge >= 0.3 is 0 Å². The van der Waals surface area contributed by atoms with E-state index in [-0.39, 0.29) is 17.9 Å². The Hall–Kier alpha value is -3.50. The molecule has 1 atom stereocenters. The number of aromatic nitrogens is 2. The van der Waals surface area contributed by atoms with Crippen molar-refractivity contribution in [3.05, 3.63) is 53.1 Å². The Morgan fingerprint density at radius 2 is 2.19 bits per heavy atom. The van der Waals surface area contributed by atoms with Gasteiger partial charge in [-0.1, -0.05) is 23.4 Å². The van der Waals surface area contributed by atoms with Crippen LogP contribution in [0, 0.1) is 11.3 Å². The third-order valence-corrected chi connectivity index (χ3v) is 5.52. The molecule has 0 saturated heterocycles. The van der Waals surface area contributed by atoms with E-state index in [0.29, 0.717) is 41.6 Å². The molecule has 1 heterocycles. The lowest BCUT2D eigenvalue weighted by Gasteiger charge is -2.14. The highest BCUT2D eigenvalue weighted by Gasteiger charge is 2.26. The van der Waals surface area contributed by atoms with Gasteiger partial charge in [0.1, 0.15) is 17.6 Å². The molecule has 0 radical (unpaired) electrons. The van der Waals surface area contributed by atoms with Crippen molar-refractivity contribution >= 4 is 5.78 Å². The molecular weight excluding hydrogens is 404 g/mol. The smallest absolute Gasteiger partial charge is 0.258 e. The summed E-state index contributed by atoms with van der Waals surface area (Å²) in [6.45, 7) is 6.12. The fourth-order valence-electron chi connectivity index (χ4n) is 4.06. The van der Waals surface area contributed by atoms with Crippen LogP contribution < -0.4 is 10.1 Å². The third-order valence-electron chi connectivity index (χ3n) is 5.52. The molecule has 7 heteroatoms. The number of fused-ring (bicyclic) bond motifs is 1. The maximum Gasteiger partial charge on any atom is 0.258 e. The second-order valence-corrected chi connectivity index (χ2v) is 8.28. The van der Waals surface area contributed by atoms with Gasteiger partial charge in [0.15, 0.2) is 0 Å². The van der Waals surface area contributed by atoms with Crippen LogP contribution in [-0.4, -0.2) is 28.6 Å². The minimum Gasteiger partial charge on any atom is -0.490 e. The molecule has 2 aromatic carbocycles. The molecule has 0 aliphatic heterocycles. The first-order chi connectivity index (χ1) is 15.5. The predicted molar refractivity (Wildman–Crippen MR) is 120 cm³/mol. The van der Waals surface area contributed by atoms with Crippen LogP contribution in [0.3, 0.4) is 0 Å². The molecule has 4 rings (SSSR count). The Labute approximate surface area is 187 Å². The van der Waals surface area contributed by atoms with Gasteiger partial charge in [0, 0.05) is 30.1 Å². The summed E-state index contributed by atoms with van der Waals surface area (Å²) >= 11 is 0. The van der Waals surface area contributed by atoms with Crippen molar-refractivity contribution in [2.24, 2.45) is 0 Å². The highest BCUT2D eigenvalue weighted by atomic mass is 16.5. The van der Waals surface area contributed by atoms with Crippen LogP contribution in [0.1, 0.15) is 56.3 Å². The lowest BCUT2D eigenvalue weighted by atomic mass is 10.0. The summed E-state index contributed by atoms with van der Waals surface area (Å²) in [5.74, 6) is 1.61. The Balaban J connectivity index is 1.58. The highest BCUT2D eigenvalue weighted by molar-refractivity contribution is 5.75. The minimum atomic E-state index is -0.0242. The molecule has 3 aromatic rings. The molecule has 1 aliphatic rings. The van der Waals surface area contributed by atoms with Crippen LogP contribution in [0.5, 0.6) is 5.75 Å². The summed E-state index contributed by atoms with van der Waals surface area (Å²) in [7, 11) is 0. The van der Waals surface area contributed by atoms with E-state index < -0.39 is 0 Å². The zero-order chi connectivity index (χ0) is 22.7. The number of nitrogens with zero attached hydrogens (tertiary/aromatic N) is 3. The van der Waals surface area contributed by atoms with Gasteiger partial charge in [0.05, 0.1) is 11.7 Å². The predicted octanol–water partition coefficient (Wildman–Crippen LogP) is 4.62. The maximum absolute atomic E-state index is 11.2. The number of rotatable bonds is 8. The van der Waals surface area contributed by atoms with Gasteiger partial charge in [-0.3, -0.25) is 4.79 Å². The molecule has 1 aromatic heterocycles. The lowest BCUT2D eigenvalue weighted by molar-refractivity contribution is -0.116. The second-order valence-electron chi connectivity index (χ2n) is 8.28. The molecule has 0 spiro atoms. The van der Waals surface area contributed by atoms with E-state index in [1.54, 1.807) is 19.1 Å². The van der Waals surface area contributed by atoms with Crippen molar-refractivity contribution < 1.29 is 14.1 Å². The average molecular weight is 431 g/mol. The van der Waals surface area contributed by atoms with Crippen LogP contribution in [0.2, 0.25) is 0 Å². The molecule has 1 aliphatic carbocycles. The average Bonchev–Trinajstić information content (AvgIpc) is 3.41. The van der Waals surface area contributed by atoms with Gasteiger partial charge in [-0.25, -0.2) is 0 Å². The summed E-state index contributed by atoms with van der Waals surface area (Å²) in [5.41, 5.74) is 4.48. The normalized spacial score (nSPS) is 14.9. The molecule has 32 heavy (non-hydrogen) atoms. The van der Waals surface area contributed by atoms with E-state index in [1.165, 1.54) is 11.1 Å². The molecule has 0 fully saturated rings. The monoisotopic (exact) mass is 430 g/mol. The lowest BCUT2D eigenvalue weighted by Crippen LogP contribution is -2.21. The van der Waals surface area contributed by atoms with E-state index in [2.05, 4.69) is 27.6 Å². The van der Waals surface area contributed by atoms with Crippen molar-refractivity contribution in [3.63, 3.8) is 0 Å². The Kier molecular flexibility index (Phi) is 6.33. The molecule has 0 saturated carbocycles. The van der Waals surface area contributed by atoms with Crippen molar-refractivity contribution in [2.45, 2.75) is 52.2 Å². The van der Waals surface area contributed by atoms with Crippen molar-refractivity contribution in [1.82, 2.24) is 15.5 Å². The standard InChI is InChI=1S/C25H26N4O3/c1-15(2)31-23-10-7-17(13-18(23)14-26)25-28-24(29-32-25)21-6-4-5-20-19(21)8-9-22(20)27-12-11-16(3)30/h4-7,10,13,15,22,27H,8-9,11-12H2,1-3H3/t22-/m0/s1. The first-order valence-corrected chi connectivity index (χ1v) is 10.9. The largest absolute Gasteiger partial charge is 0.490 e. The number of carbonyl (C=O) groups excluding carboxylic acids is 1. The van der Waals surface area contributed by atoms with Crippen molar-refractivity contribution in [2.75, 3.05) is 6.54 Å². The van der Waals surface area contributed by atoms with Gasteiger partial charge in [-0.15, -0.1) is 0 Å². The van der Waals surface area contributed by atoms with Gasteiger partial charge < -0.3 is 14.6 Å². The number of nitrogens with one attached hydrogen (secondary N) is 1. The minimum absolute atomic E-state index is 0.0242. The molecular formula is C25H26N4O3. The van der Waals surface area contributed by atoms with Gasteiger partial charge in [-0.05, 0) is 62.9 Å². The highest BCUT2D eigenvalue weighted by Crippen LogP contribution is 2.37. The molecule has 0 amide bonds. The van der Waals surface area contributed by atoms with E-state index in [4.69, 9.17) is 9.26 Å². The third kappa shape index (κ3) is 4.56. The van der Waals surface area contributed by atoms with Gasteiger partial charge in [0.25, 0.3) is 5.89 Å². The Morgan fingerprint density at radius 1 is 1.34 bits per heavy atom. The van der Waals surface area contributed by atoms with Crippen LogP contribution in [-0.2, 0) is 11.2 Å². The van der Waals surface area contributed by atoms with Gasteiger partial charge in [-0.2, -0.15) is 10.2 Å². The van der Waals surface area contributed by atoms with Crippen LogP contribution in [0.4, 0.5) is 0 Å². The number of nitriles is 1. The second kappa shape index (κ2) is 9.33. The van der Waals surface area contributed by atoms with Gasteiger partial charge in [0.2, 0.25) is 5.82 Å². The van der Waals surface area contributed by atoms with E-state index in [0.717, 1.165) is 18.4 Å². The number of Topliss-reactive ketones (excluding diaryl/α,β-unsaturated/α-hetero) is 1. The molecule has 0 unspecified atom stereocenters. The van der Waals surface area contributed by atoms with E-state index in [9.17, 15) is 10.1 Å². The first-order valence-electron chi connectivity index (χ1n) is 10.9. The molecule has 164 valence electrons. The fraction of sp³-hybridized carbons (Fsp3) is 0.360. The number of hydrogen-bond donors (Lipinski definition) is 1. The SMILES string of the molecule is CC(=O)CCN[C@H]1CCc2c(-c3noc(-c4ccc(OC(C)C)c(C#N)c4)n3)cccc21. The summed E-state index contributed by atoms with van der Waals surface area (Å²) in [4.78, 5) is 15.8. The zero-order valence-electron chi connectivity index (χ0n) is 18.5. The van der Waals surface area contributed by atoms with E-state index in [1.807, 2.05) is 32.0 Å².